The highest BCUT2D eigenvalue weighted by atomic mass is 16.3. The van der Waals surface area contributed by atoms with Crippen LogP contribution in [0.15, 0.2) is 24.5 Å². The summed E-state index contributed by atoms with van der Waals surface area (Å²) in [6.07, 6.45) is 7.07. The molecule has 3 heterocycles. The molecule has 1 aromatic rings. The van der Waals surface area contributed by atoms with Crippen molar-refractivity contribution in [1.29, 1.82) is 0 Å². The van der Waals surface area contributed by atoms with Gasteiger partial charge in [-0.2, -0.15) is 0 Å². The van der Waals surface area contributed by atoms with Crippen LogP contribution in [0.4, 0.5) is 0 Å². The van der Waals surface area contributed by atoms with Gasteiger partial charge >= 0.3 is 0 Å². The van der Waals surface area contributed by atoms with Gasteiger partial charge in [0.2, 0.25) is 0 Å². The van der Waals surface area contributed by atoms with E-state index in [2.05, 4.69) is 9.88 Å². The normalized spacial score (nSPS) is 22.4. The summed E-state index contributed by atoms with van der Waals surface area (Å²) < 4.78 is 0. The number of carbonyl (C=O) groups is 1. The average molecular weight is 289 g/mol. The lowest BCUT2D eigenvalue weighted by atomic mass is 9.90. The molecule has 2 aliphatic heterocycles. The van der Waals surface area contributed by atoms with Gasteiger partial charge in [-0.3, -0.25) is 9.78 Å². The maximum absolute atomic E-state index is 12.3. The zero-order valence-corrected chi connectivity index (χ0v) is 12.4. The minimum absolute atomic E-state index is 0.0197. The van der Waals surface area contributed by atoms with Gasteiger partial charge in [0, 0.05) is 32.0 Å². The van der Waals surface area contributed by atoms with Crippen LogP contribution in [-0.2, 0) is 0 Å². The van der Waals surface area contributed by atoms with Crippen molar-refractivity contribution in [2.24, 2.45) is 0 Å². The Balaban J connectivity index is 1.55. The second kappa shape index (κ2) is 6.12. The SMILES string of the molecule is O=C(c1cccnc1)N1CCC(O)(CN2CCCC2)CC1. The largest absolute Gasteiger partial charge is 0.388 e. The first-order valence-corrected chi connectivity index (χ1v) is 7.80. The number of amides is 1. The smallest absolute Gasteiger partial charge is 0.255 e. The Kier molecular flexibility index (Phi) is 4.22. The quantitative estimate of drug-likeness (QED) is 0.907. The van der Waals surface area contributed by atoms with E-state index in [1.165, 1.54) is 12.8 Å². The maximum Gasteiger partial charge on any atom is 0.255 e. The molecule has 114 valence electrons. The zero-order valence-electron chi connectivity index (χ0n) is 12.4. The number of hydrogen-bond acceptors (Lipinski definition) is 4. The minimum Gasteiger partial charge on any atom is -0.388 e. The lowest BCUT2D eigenvalue weighted by Crippen LogP contribution is -2.51. The van der Waals surface area contributed by atoms with Crippen molar-refractivity contribution >= 4 is 5.91 Å². The summed E-state index contributed by atoms with van der Waals surface area (Å²) in [5, 5.41) is 10.7. The molecule has 0 spiro atoms. The van der Waals surface area contributed by atoms with Crippen LogP contribution in [0.1, 0.15) is 36.0 Å². The Bertz CT molecular complexity index is 478. The predicted molar refractivity (Wildman–Crippen MR) is 80.0 cm³/mol. The van der Waals surface area contributed by atoms with E-state index in [1.807, 2.05) is 4.90 Å². The molecule has 0 aliphatic carbocycles. The van der Waals surface area contributed by atoms with Crippen LogP contribution in [0, 0.1) is 0 Å². The van der Waals surface area contributed by atoms with Crippen LogP contribution in [-0.4, -0.2) is 64.1 Å². The summed E-state index contributed by atoms with van der Waals surface area (Å²) in [6.45, 7) is 4.19. The van der Waals surface area contributed by atoms with Crippen molar-refractivity contribution in [3.63, 3.8) is 0 Å². The molecule has 0 radical (unpaired) electrons. The van der Waals surface area contributed by atoms with Gasteiger partial charge in [-0.15, -0.1) is 0 Å². The van der Waals surface area contributed by atoms with E-state index in [0.717, 1.165) is 19.6 Å². The number of aromatic nitrogens is 1. The minimum atomic E-state index is -0.629. The Morgan fingerprint density at radius 2 is 1.95 bits per heavy atom. The summed E-state index contributed by atoms with van der Waals surface area (Å²) in [5.41, 5.74) is -0.00161. The molecule has 3 rings (SSSR count). The van der Waals surface area contributed by atoms with Crippen molar-refractivity contribution in [1.82, 2.24) is 14.8 Å². The molecule has 21 heavy (non-hydrogen) atoms. The van der Waals surface area contributed by atoms with Crippen LogP contribution in [0.2, 0.25) is 0 Å². The molecule has 0 bridgehead atoms. The maximum atomic E-state index is 12.3. The fourth-order valence-electron chi connectivity index (χ4n) is 3.31. The first kappa shape index (κ1) is 14.5. The predicted octanol–water partition coefficient (Wildman–Crippen LogP) is 1.14. The van der Waals surface area contributed by atoms with Crippen LogP contribution in [0.25, 0.3) is 0 Å². The van der Waals surface area contributed by atoms with Gasteiger partial charge in [-0.1, -0.05) is 0 Å². The Hall–Kier alpha value is -1.46. The summed E-state index contributed by atoms with van der Waals surface area (Å²) in [7, 11) is 0. The Morgan fingerprint density at radius 3 is 2.57 bits per heavy atom. The van der Waals surface area contributed by atoms with Crippen LogP contribution in [0.5, 0.6) is 0 Å². The number of carbonyl (C=O) groups excluding carboxylic acids is 1. The molecule has 5 nitrogen and oxygen atoms in total. The fourth-order valence-corrected chi connectivity index (χ4v) is 3.31. The number of β-amino-alcohol motifs (C(OH)–C–C–N with tert-alkyl or cyclic N) is 1. The number of likely N-dealkylation sites (tertiary alicyclic amines) is 2. The van der Waals surface area contributed by atoms with Gasteiger partial charge in [0.25, 0.3) is 5.91 Å². The highest BCUT2D eigenvalue weighted by Crippen LogP contribution is 2.25. The van der Waals surface area contributed by atoms with E-state index in [4.69, 9.17) is 0 Å². The van der Waals surface area contributed by atoms with Crippen molar-refractivity contribution in [3.8, 4) is 0 Å². The molecule has 0 atom stereocenters. The molecule has 5 heteroatoms. The molecule has 0 aromatic carbocycles. The van der Waals surface area contributed by atoms with Gasteiger partial charge in [0.15, 0.2) is 0 Å². The van der Waals surface area contributed by atoms with E-state index in [0.29, 0.717) is 31.5 Å². The number of hydrogen-bond donors (Lipinski definition) is 1. The third-order valence-electron chi connectivity index (χ3n) is 4.61. The molecule has 0 saturated carbocycles. The molecule has 1 aromatic heterocycles. The third kappa shape index (κ3) is 3.41. The van der Waals surface area contributed by atoms with Crippen LogP contribution < -0.4 is 0 Å². The highest BCUT2D eigenvalue weighted by Gasteiger charge is 2.36. The zero-order chi connectivity index (χ0) is 14.7. The van der Waals surface area contributed by atoms with Gasteiger partial charge in [0.1, 0.15) is 0 Å². The van der Waals surface area contributed by atoms with E-state index in [1.54, 1.807) is 24.5 Å². The Labute approximate surface area is 125 Å². The highest BCUT2D eigenvalue weighted by molar-refractivity contribution is 5.93. The summed E-state index contributed by atoms with van der Waals surface area (Å²) in [6, 6.07) is 3.57. The first-order chi connectivity index (χ1) is 10.2. The first-order valence-electron chi connectivity index (χ1n) is 7.80. The Morgan fingerprint density at radius 1 is 1.24 bits per heavy atom. The molecular formula is C16H23N3O2. The van der Waals surface area contributed by atoms with Crippen LogP contribution >= 0.6 is 0 Å². The molecule has 1 amide bonds. The monoisotopic (exact) mass is 289 g/mol. The van der Waals surface area contributed by atoms with Crippen molar-refractivity contribution < 1.29 is 9.90 Å². The topological polar surface area (TPSA) is 56.7 Å². The van der Waals surface area contributed by atoms with Crippen molar-refractivity contribution in [2.45, 2.75) is 31.3 Å². The standard InChI is InChI=1S/C16H23N3O2/c20-15(14-4-3-7-17-12-14)19-10-5-16(21,6-11-19)13-18-8-1-2-9-18/h3-4,7,12,21H,1-2,5-6,8-11,13H2. The van der Waals surface area contributed by atoms with Crippen molar-refractivity contribution in [3.05, 3.63) is 30.1 Å². The van der Waals surface area contributed by atoms with Gasteiger partial charge in [-0.25, -0.2) is 0 Å². The molecule has 2 aliphatic rings. The molecule has 1 N–H and O–H groups in total. The second-order valence-corrected chi connectivity index (χ2v) is 6.24. The van der Waals surface area contributed by atoms with Gasteiger partial charge in [-0.05, 0) is 50.9 Å². The average Bonchev–Trinajstić information content (AvgIpc) is 3.00. The lowest BCUT2D eigenvalue weighted by molar-refractivity contribution is -0.0367. The van der Waals surface area contributed by atoms with E-state index in [9.17, 15) is 9.90 Å². The molecule has 2 saturated heterocycles. The van der Waals surface area contributed by atoms with E-state index >= 15 is 0 Å². The molecule has 0 unspecified atom stereocenters. The van der Waals surface area contributed by atoms with Crippen molar-refractivity contribution in [2.75, 3.05) is 32.7 Å². The second-order valence-electron chi connectivity index (χ2n) is 6.24. The fraction of sp³-hybridized carbons (Fsp3) is 0.625. The molecular weight excluding hydrogens is 266 g/mol. The molecule has 2 fully saturated rings. The number of aliphatic hydroxyl groups is 1. The number of piperidine rings is 1. The number of pyridine rings is 1. The van der Waals surface area contributed by atoms with E-state index < -0.39 is 5.60 Å². The van der Waals surface area contributed by atoms with Gasteiger partial charge in [0.05, 0.1) is 11.2 Å². The summed E-state index contributed by atoms with van der Waals surface area (Å²) >= 11 is 0. The summed E-state index contributed by atoms with van der Waals surface area (Å²) in [4.78, 5) is 20.5. The summed E-state index contributed by atoms with van der Waals surface area (Å²) in [5.74, 6) is 0.0197. The lowest BCUT2D eigenvalue weighted by Gasteiger charge is -2.40. The van der Waals surface area contributed by atoms with Gasteiger partial charge < -0.3 is 14.9 Å². The van der Waals surface area contributed by atoms with Crippen LogP contribution in [0.3, 0.4) is 0 Å². The third-order valence-corrected chi connectivity index (χ3v) is 4.61. The number of nitrogens with zero attached hydrogens (tertiary/aromatic N) is 3. The van der Waals surface area contributed by atoms with E-state index in [-0.39, 0.29) is 5.91 Å². The number of rotatable bonds is 3.